The van der Waals surface area contributed by atoms with E-state index in [-0.39, 0.29) is 6.10 Å². The summed E-state index contributed by atoms with van der Waals surface area (Å²) in [4.78, 5) is 0. The predicted octanol–water partition coefficient (Wildman–Crippen LogP) is 3.63. The van der Waals surface area contributed by atoms with Crippen molar-refractivity contribution in [2.24, 2.45) is 5.92 Å². The molecule has 0 bridgehead atoms. The van der Waals surface area contributed by atoms with E-state index >= 15 is 0 Å². The van der Waals surface area contributed by atoms with Gasteiger partial charge in [0.15, 0.2) is 0 Å². The van der Waals surface area contributed by atoms with Crippen LogP contribution in [0.3, 0.4) is 0 Å². The largest absolute Gasteiger partial charge is 0.392 e. The van der Waals surface area contributed by atoms with Gasteiger partial charge in [0.2, 0.25) is 0 Å². The van der Waals surface area contributed by atoms with Gasteiger partial charge in [0.1, 0.15) is 0 Å². The van der Waals surface area contributed by atoms with E-state index in [0.717, 1.165) is 12.3 Å². The van der Waals surface area contributed by atoms with E-state index in [9.17, 15) is 5.11 Å². The molecule has 2 N–H and O–H groups in total. The summed E-state index contributed by atoms with van der Waals surface area (Å²) in [5.41, 5.74) is 0. The molecule has 2 nitrogen and oxygen atoms in total. The van der Waals surface area contributed by atoms with Gasteiger partial charge in [0.05, 0.1) is 6.10 Å². The molecule has 2 heteroatoms. The summed E-state index contributed by atoms with van der Waals surface area (Å²) in [6, 6.07) is 1.04. The van der Waals surface area contributed by atoms with E-state index in [1.807, 2.05) is 0 Å². The van der Waals surface area contributed by atoms with E-state index in [2.05, 4.69) is 12.2 Å². The lowest BCUT2D eigenvalue weighted by Crippen LogP contribution is -2.44. The second-order valence-corrected chi connectivity index (χ2v) is 6.46. The van der Waals surface area contributed by atoms with Crippen LogP contribution in [0.5, 0.6) is 0 Å². The monoisotopic (exact) mass is 253 g/mol. The molecule has 0 aromatic rings. The molecule has 2 aliphatic carbocycles. The van der Waals surface area contributed by atoms with E-state index in [1.165, 1.54) is 64.2 Å². The molecule has 106 valence electrons. The van der Waals surface area contributed by atoms with Gasteiger partial charge in [-0.1, -0.05) is 45.4 Å². The van der Waals surface area contributed by atoms with Crippen LogP contribution in [0.4, 0.5) is 0 Å². The molecule has 0 amide bonds. The fourth-order valence-corrected chi connectivity index (χ4v) is 3.74. The van der Waals surface area contributed by atoms with E-state index < -0.39 is 0 Å². The summed E-state index contributed by atoms with van der Waals surface area (Å²) >= 11 is 0. The Morgan fingerprint density at radius 2 is 1.72 bits per heavy atom. The van der Waals surface area contributed by atoms with Crippen LogP contribution in [0.25, 0.3) is 0 Å². The zero-order valence-electron chi connectivity index (χ0n) is 12.0. The van der Waals surface area contributed by atoms with Gasteiger partial charge in [0.25, 0.3) is 0 Å². The van der Waals surface area contributed by atoms with Crippen molar-refractivity contribution < 1.29 is 5.11 Å². The van der Waals surface area contributed by atoms with Gasteiger partial charge in [-0.3, -0.25) is 0 Å². The summed E-state index contributed by atoms with van der Waals surface area (Å²) in [5, 5.41) is 14.0. The zero-order chi connectivity index (χ0) is 12.8. The second-order valence-electron chi connectivity index (χ2n) is 6.46. The Morgan fingerprint density at radius 1 is 0.889 bits per heavy atom. The maximum Gasteiger partial charge on any atom is 0.0693 e. The van der Waals surface area contributed by atoms with Gasteiger partial charge in [-0.25, -0.2) is 0 Å². The van der Waals surface area contributed by atoms with Crippen LogP contribution in [0, 0.1) is 5.92 Å². The highest BCUT2D eigenvalue weighted by Gasteiger charge is 2.25. The highest BCUT2D eigenvalue weighted by molar-refractivity contribution is 4.84. The first kappa shape index (κ1) is 14.3. The van der Waals surface area contributed by atoms with Crippen molar-refractivity contribution in [2.75, 3.05) is 0 Å². The molecule has 4 atom stereocenters. The fraction of sp³-hybridized carbons (Fsp3) is 1.00. The lowest BCUT2D eigenvalue weighted by atomic mass is 9.97. The number of rotatable bonds is 3. The molecule has 2 rings (SSSR count). The van der Waals surface area contributed by atoms with Crippen molar-refractivity contribution in [2.45, 2.75) is 95.7 Å². The lowest BCUT2D eigenvalue weighted by molar-refractivity contribution is 0.112. The molecule has 0 aromatic carbocycles. The molecule has 2 fully saturated rings. The Kier molecular flexibility index (Phi) is 5.97. The molecule has 0 aromatic heterocycles. The second kappa shape index (κ2) is 7.49. The highest BCUT2D eigenvalue weighted by Crippen LogP contribution is 2.27. The standard InChI is InChI=1S/C16H31NO/c1-2-13-7-6-8-14(12-11-13)17-15-9-4-3-5-10-16(15)18/h13-18H,2-12H2,1H3. The third kappa shape index (κ3) is 4.24. The summed E-state index contributed by atoms with van der Waals surface area (Å²) < 4.78 is 0. The highest BCUT2D eigenvalue weighted by atomic mass is 16.3. The Morgan fingerprint density at radius 3 is 2.56 bits per heavy atom. The summed E-state index contributed by atoms with van der Waals surface area (Å²) in [6.07, 6.45) is 14.0. The minimum absolute atomic E-state index is 0.0993. The van der Waals surface area contributed by atoms with Crippen LogP contribution in [-0.2, 0) is 0 Å². The van der Waals surface area contributed by atoms with Gasteiger partial charge in [0, 0.05) is 12.1 Å². The van der Waals surface area contributed by atoms with Crippen molar-refractivity contribution in [1.82, 2.24) is 5.32 Å². The average molecular weight is 253 g/mol. The normalized spacial score (nSPS) is 39.0. The summed E-state index contributed by atoms with van der Waals surface area (Å²) in [5.74, 6) is 0.954. The van der Waals surface area contributed by atoms with Gasteiger partial charge < -0.3 is 10.4 Å². The number of hydrogen-bond acceptors (Lipinski definition) is 2. The molecule has 0 spiro atoms. The predicted molar refractivity (Wildman–Crippen MR) is 76.7 cm³/mol. The van der Waals surface area contributed by atoms with Crippen LogP contribution in [-0.4, -0.2) is 23.3 Å². The molecule has 0 aliphatic heterocycles. The first-order valence-corrected chi connectivity index (χ1v) is 8.23. The summed E-state index contributed by atoms with van der Waals surface area (Å²) in [6.45, 7) is 2.33. The molecule has 4 unspecified atom stereocenters. The maximum atomic E-state index is 10.2. The molecule has 2 aliphatic rings. The van der Waals surface area contributed by atoms with Crippen molar-refractivity contribution in [3.05, 3.63) is 0 Å². The van der Waals surface area contributed by atoms with E-state index in [1.54, 1.807) is 0 Å². The Balaban J connectivity index is 1.80. The fourth-order valence-electron chi connectivity index (χ4n) is 3.74. The Bertz CT molecular complexity index is 231. The van der Waals surface area contributed by atoms with Crippen LogP contribution >= 0.6 is 0 Å². The smallest absolute Gasteiger partial charge is 0.0693 e. The lowest BCUT2D eigenvalue weighted by Gasteiger charge is -2.27. The third-order valence-electron chi connectivity index (χ3n) is 5.09. The van der Waals surface area contributed by atoms with Crippen molar-refractivity contribution in [3.8, 4) is 0 Å². The van der Waals surface area contributed by atoms with Crippen LogP contribution < -0.4 is 5.32 Å². The van der Waals surface area contributed by atoms with Crippen LogP contribution in [0.2, 0.25) is 0 Å². The number of aliphatic hydroxyl groups is 1. The van der Waals surface area contributed by atoms with Gasteiger partial charge >= 0.3 is 0 Å². The van der Waals surface area contributed by atoms with Gasteiger partial charge in [-0.2, -0.15) is 0 Å². The molecule has 0 heterocycles. The number of aliphatic hydroxyl groups excluding tert-OH is 1. The average Bonchev–Trinajstić information content (AvgIpc) is 2.72. The first-order chi connectivity index (χ1) is 8.79. The molecular weight excluding hydrogens is 222 g/mol. The first-order valence-electron chi connectivity index (χ1n) is 8.23. The zero-order valence-corrected chi connectivity index (χ0v) is 12.0. The molecule has 2 saturated carbocycles. The molecular formula is C16H31NO. The molecule has 0 saturated heterocycles. The van der Waals surface area contributed by atoms with E-state index in [0.29, 0.717) is 12.1 Å². The van der Waals surface area contributed by atoms with Crippen molar-refractivity contribution >= 4 is 0 Å². The third-order valence-corrected chi connectivity index (χ3v) is 5.09. The molecule has 18 heavy (non-hydrogen) atoms. The van der Waals surface area contributed by atoms with E-state index in [4.69, 9.17) is 0 Å². The number of hydrogen-bond donors (Lipinski definition) is 2. The minimum Gasteiger partial charge on any atom is -0.392 e. The quantitative estimate of drug-likeness (QED) is 0.753. The maximum absolute atomic E-state index is 10.2. The minimum atomic E-state index is -0.0993. The topological polar surface area (TPSA) is 32.3 Å². The van der Waals surface area contributed by atoms with Gasteiger partial charge in [-0.15, -0.1) is 0 Å². The van der Waals surface area contributed by atoms with Crippen LogP contribution in [0.1, 0.15) is 77.6 Å². The van der Waals surface area contributed by atoms with Crippen molar-refractivity contribution in [3.63, 3.8) is 0 Å². The Labute approximate surface area is 113 Å². The van der Waals surface area contributed by atoms with Gasteiger partial charge in [-0.05, 0) is 38.0 Å². The van der Waals surface area contributed by atoms with Crippen LogP contribution in [0.15, 0.2) is 0 Å². The SMILES string of the molecule is CCC1CCCC(NC2CCCCCC2O)CC1. The van der Waals surface area contributed by atoms with Crippen molar-refractivity contribution in [1.29, 1.82) is 0 Å². The molecule has 0 radical (unpaired) electrons. The Hall–Kier alpha value is -0.0800. The summed E-state index contributed by atoms with van der Waals surface area (Å²) in [7, 11) is 0. The number of nitrogens with one attached hydrogen (secondary N) is 1.